The number of hydrogen-bond acceptors (Lipinski definition) is 7. The van der Waals surface area contributed by atoms with Gasteiger partial charge in [0.15, 0.2) is 6.10 Å². The lowest BCUT2D eigenvalue weighted by Crippen LogP contribution is -2.65. The van der Waals surface area contributed by atoms with Gasteiger partial charge in [-0.15, -0.1) is 0 Å². The molecule has 1 saturated heterocycles. The summed E-state index contributed by atoms with van der Waals surface area (Å²) in [6.45, 7) is 0.704. The average Bonchev–Trinajstić information content (AvgIpc) is 2.45. The summed E-state index contributed by atoms with van der Waals surface area (Å²) in [7, 11) is 0. The molecule has 1 aromatic carbocycles. The SMILES string of the molecule is CC(O)(Oc1ccccc1)C1O[C@H](CO)[C@H](O)[C@H](O)[C@H]1O. The van der Waals surface area contributed by atoms with E-state index in [0.29, 0.717) is 5.75 Å². The Kier molecular flexibility index (Phi) is 4.82. The van der Waals surface area contributed by atoms with Gasteiger partial charge in [-0.25, -0.2) is 0 Å². The number of benzene rings is 1. The normalized spacial score (nSPS) is 36.0. The third kappa shape index (κ3) is 3.34. The third-order valence-corrected chi connectivity index (χ3v) is 3.49. The molecule has 0 radical (unpaired) electrons. The molecule has 7 heteroatoms. The van der Waals surface area contributed by atoms with Crippen molar-refractivity contribution in [1.29, 1.82) is 0 Å². The van der Waals surface area contributed by atoms with Crippen LogP contribution in [0.25, 0.3) is 0 Å². The average molecular weight is 300 g/mol. The standard InChI is InChI=1S/C14H20O7/c1-14(19,21-8-5-3-2-4-6-8)13-12(18)11(17)10(16)9(7-15)20-13/h2-6,9-13,15-19H,7H2,1H3/t9-,10+,11+,12-,13?,14?/m1/s1. The number of ether oxygens (including phenoxy) is 2. The number of rotatable bonds is 4. The summed E-state index contributed by atoms with van der Waals surface area (Å²) in [5.74, 6) is -1.62. The van der Waals surface area contributed by atoms with Crippen molar-refractivity contribution >= 4 is 0 Å². The Labute approximate surface area is 122 Å². The van der Waals surface area contributed by atoms with Gasteiger partial charge < -0.3 is 35.0 Å². The van der Waals surface area contributed by atoms with Crippen molar-refractivity contribution in [3.8, 4) is 5.75 Å². The Bertz CT molecular complexity index is 448. The first kappa shape index (κ1) is 16.2. The smallest absolute Gasteiger partial charge is 0.234 e. The van der Waals surface area contributed by atoms with Gasteiger partial charge in [0, 0.05) is 6.92 Å². The molecule has 1 aliphatic rings. The third-order valence-electron chi connectivity index (χ3n) is 3.49. The highest BCUT2D eigenvalue weighted by Gasteiger charge is 2.51. The second kappa shape index (κ2) is 6.27. The van der Waals surface area contributed by atoms with Crippen molar-refractivity contribution in [2.45, 2.75) is 43.2 Å². The van der Waals surface area contributed by atoms with E-state index in [1.54, 1.807) is 30.3 Å². The first-order valence-electron chi connectivity index (χ1n) is 6.64. The van der Waals surface area contributed by atoms with Gasteiger partial charge in [-0.1, -0.05) is 18.2 Å². The van der Waals surface area contributed by atoms with Gasteiger partial charge in [0.1, 0.15) is 30.2 Å². The summed E-state index contributed by atoms with van der Waals surface area (Å²) < 4.78 is 10.7. The van der Waals surface area contributed by atoms with Crippen LogP contribution in [0.5, 0.6) is 5.75 Å². The summed E-state index contributed by atoms with van der Waals surface area (Å²) in [6, 6.07) is 8.41. The maximum Gasteiger partial charge on any atom is 0.234 e. The summed E-state index contributed by atoms with van der Waals surface area (Å²) in [5, 5.41) is 49.0. The van der Waals surface area contributed by atoms with Gasteiger partial charge in [0.05, 0.1) is 6.61 Å². The Morgan fingerprint density at radius 3 is 2.29 bits per heavy atom. The Morgan fingerprint density at radius 1 is 1.10 bits per heavy atom. The monoisotopic (exact) mass is 300 g/mol. The van der Waals surface area contributed by atoms with Gasteiger partial charge in [-0.05, 0) is 12.1 Å². The van der Waals surface area contributed by atoms with Gasteiger partial charge in [0.2, 0.25) is 5.79 Å². The molecule has 0 spiro atoms. The van der Waals surface area contributed by atoms with Gasteiger partial charge in [-0.2, -0.15) is 0 Å². The second-order valence-electron chi connectivity index (χ2n) is 5.22. The van der Waals surface area contributed by atoms with E-state index in [0.717, 1.165) is 0 Å². The lowest BCUT2D eigenvalue weighted by molar-refractivity contribution is -0.305. The molecule has 0 aliphatic carbocycles. The summed E-state index contributed by atoms with van der Waals surface area (Å²) in [5.41, 5.74) is 0. The van der Waals surface area contributed by atoms with Crippen LogP contribution in [0, 0.1) is 0 Å². The van der Waals surface area contributed by atoms with E-state index in [-0.39, 0.29) is 0 Å². The molecule has 1 fully saturated rings. The summed E-state index contributed by atoms with van der Waals surface area (Å²) >= 11 is 0. The summed E-state index contributed by atoms with van der Waals surface area (Å²) in [6.07, 6.45) is -7.05. The topological polar surface area (TPSA) is 120 Å². The van der Waals surface area contributed by atoms with E-state index in [4.69, 9.17) is 14.6 Å². The molecule has 5 N–H and O–H groups in total. The minimum atomic E-state index is -1.96. The van der Waals surface area contributed by atoms with Crippen LogP contribution in [0.4, 0.5) is 0 Å². The van der Waals surface area contributed by atoms with Crippen molar-refractivity contribution in [3.63, 3.8) is 0 Å². The number of aliphatic hydroxyl groups excluding tert-OH is 4. The zero-order valence-electron chi connectivity index (χ0n) is 11.5. The minimum Gasteiger partial charge on any atom is -0.460 e. The Hall–Kier alpha value is -1.22. The molecule has 0 saturated carbocycles. The highest BCUT2D eigenvalue weighted by Crippen LogP contribution is 2.30. The Morgan fingerprint density at radius 2 is 1.71 bits per heavy atom. The molecule has 6 atom stereocenters. The molecule has 2 unspecified atom stereocenters. The van der Waals surface area contributed by atoms with Crippen LogP contribution in [0.2, 0.25) is 0 Å². The highest BCUT2D eigenvalue weighted by molar-refractivity contribution is 5.22. The largest absolute Gasteiger partial charge is 0.460 e. The fourth-order valence-electron chi connectivity index (χ4n) is 2.33. The van der Waals surface area contributed by atoms with Crippen molar-refractivity contribution < 1.29 is 35.0 Å². The molecule has 1 heterocycles. The van der Waals surface area contributed by atoms with E-state index in [9.17, 15) is 20.4 Å². The van der Waals surface area contributed by atoms with Crippen LogP contribution in [-0.4, -0.2) is 68.4 Å². The quantitative estimate of drug-likeness (QED) is 0.435. The zero-order valence-corrected chi connectivity index (χ0v) is 11.5. The van der Waals surface area contributed by atoms with Gasteiger partial charge >= 0.3 is 0 Å². The Balaban J connectivity index is 2.17. The van der Waals surface area contributed by atoms with E-state index >= 15 is 0 Å². The van der Waals surface area contributed by atoms with Gasteiger partial charge in [0.25, 0.3) is 0 Å². The van der Waals surface area contributed by atoms with Crippen LogP contribution >= 0.6 is 0 Å². The molecule has 2 rings (SSSR count). The lowest BCUT2D eigenvalue weighted by atomic mass is 9.91. The second-order valence-corrected chi connectivity index (χ2v) is 5.22. The molecular weight excluding hydrogens is 280 g/mol. The molecule has 0 aromatic heterocycles. The van der Waals surface area contributed by atoms with Gasteiger partial charge in [-0.3, -0.25) is 0 Å². The molecular formula is C14H20O7. The van der Waals surface area contributed by atoms with Crippen LogP contribution in [0.15, 0.2) is 30.3 Å². The van der Waals surface area contributed by atoms with Crippen molar-refractivity contribution in [2.75, 3.05) is 6.61 Å². The van der Waals surface area contributed by atoms with Crippen molar-refractivity contribution in [1.82, 2.24) is 0 Å². The van der Waals surface area contributed by atoms with Crippen LogP contribution in [-0.2, 0) is 4.74 Å². The van der Waals surface area contributed by atoms with E-state index in [1.165, 1.54) is 6.92 Å². The molecule has 0 amide bonds. The minimum absolute atomic E-state index is 0.347. The molecule has 118 valence electrons. The van der Waals surface area contributed by atoms with E-state index in [2.05, 4.69) is 0 Å². The number of hydrogen-bond donors (Lipinski definition) is 5. The van der Waals surface area contributed by atoms with Crippen LogP contribution in [0.1, 0.15) is 6.92 Å². The molecule has 21 heavy (non-hydrogen) atoms. The fraction of sp³-hybridized carbons (Fsp3) is 0.571. The number of aliphatic hydroxyl groups is 5. The first-order chi connectivity index (χ1) is 9.86. The first-order valence-corrected chi connectivity index (χ1v) is 6.64. The van der Waals surface area contributed by atoms with Crippen LogP contribution in [0.3, 0.4) is 0 Å². The summed E-state index contributed by atoms with van der Waals surface area (Å²) in [4.78, 5) is 0. The maximum absolute atomic E-state index is 10.4. The molecule has 7 nitrogen and oxygen atoms in total. The number of para-hydroxylation sites is 1. The fourth-order valence-corrected chi connectivity index (χ4v) is 2.33. The van der Waals surface area contributed by atoms with E-state index in [1.807, 2.05) is 0 Å². The predicted molar refractivity (Wildman–Crippen MR) is 71.5 cm³/mol. The van der Waals surface area contributed by atoms with Crippen LogP contribution < -0.4 is 4.74 Å². The molecule has 0 bridgehead atoms. The zero-order chi connectivity index (χ0) is 15.6. The molecule has 1 aliphatic heterocycles. The maximum atomic E-state index is 10.4. The highest BCUT2D eigenvalue weighted by atomic mass is 16.7. The van der Waals surface area contributed by atoms with Crippen molar-refractivity contribution in [2.24, 2.45) is 0 Å². The van der Waals surface area contributed by atoms with Crippen molar-refractivity contribution in [3.05, 3.63) is 30.3 Å². The molecule has 1 aromatic rings. The van der Waals surface area contributed by atoms with E-state index < -0.39 is 42.9 Å². The lowest BCUT2D eigenvalue weighted by Gasteiger charge is -2.45. The predicted octanol–water partition coefficient (Wildman–Crippen LogP) is -1.38.